The number of nitrogens with one attached hydrogen (secondary N) is 2. The second-order valence-electron chi connectivity index (χ2n) is 8.89. The number of anilines is 1. The van der Waals surface area contributed by atoms with E-state index in [2.05, 4.69) is 40.0 Å². The SMILES string of the molecule is CC(C)[C@@H](CC(=O)O)NC(=O)Cn1cc(NC(=O)OCC2c3ccccc3-c3ccccc32)cn1. The average Bonchev–Trinajstić information content (AvgIpc) is 3.38. The van der Waals surface area contributed by atoms with Crippen LogP contribution in [0.25, 0.3) is 11.1 Å². The number of carboxylic acids is 1. The summed E-state index contributed by atoms with van der Waals surface area (Å²) in [5.41, 5.74) is 4.95. The van der Waals surface area contributed by atoms with Crippen LogP contribution in [0.4, 0.5) is 10.5 Å². The Morgan fingerprint density at radius 1 is 1.06 bits per heavy atom. The summed E-state index contributed by atoms with van der Waals surface area (Å²) in [5, 5.41) is 18.5. The zero-order valence-corrected chi connectivity index (χ0v) is 19.6. The number of benzene rings is 2. The number of ether oxygens (including phenoxy) is 1. The van der Waals surface area contributed by atoms with E-state index in [4.69, 9.17) is 9.84 Å². The van der Waals surface area contributed by atoms with Gasteiger partial charge >= 0.3 is 12.1 Å². The Morgan fingerprint density at radius 3 is 2.29 bits per heavy atom. The number of fused-ring (bicyclic) bond motifs is 3. The van der Waals surface area contributed by atoms with E-state index in [1.165, 1.54) is 17.1 Å². The highest BCUT2D eigenvalue weighted by molar-refractivity contribution is 5.85. The molecule has 0 fully saturated rings. The maximum Gasteiger partial charge on any atom is 0.411 e. The molecule has 1 aliphatic carbocycles. The number of hydrogen-bond acceptors (Lipinski definition) is 5. The van der Waals surface area contributed by atoms with E-state index < -0.39 is 18.1 Å². The van der Waals surface area contributed by atoms with Gasteiger partial charge < -0.3 is 15.2 Å². The molecule has 0 saturated carbocycles. The van der Waals surface area contributed by atoms with Crippen molar-refractivity contribution >= 4 is 23.7 Å². The third kappa shape index (κ3) is 5.68. The second-order valence-corrected chi connectivity index (χ2v) is 8.89. The molecule has 1 aromatic heterocycles. The summed E-state index contributed by atoms with van der Waals surface area (Å²) in [6.45, 7) is 3.78. The lowest BCUT2D eigenvalue weighted by molar-refractivity contribution is -0.138. The zero-order valence-electron chi connectivity index (χ0n) is 19.6. The molecule has 182 valence electrons. The van der Waals surface area contributed by atoms with Crippen molar-refractivity contribution in [2.24, 2.45) is 5.92 Å². The fraction of sp³-hybridized carbons (Fsp3) is 0.308. The van der Waals surface area contributed by atoms with Crippen LogP contribution in [0.5, 0.6) is 0 Å². The smallest absolute Gasteiger partial charge is 0.411 e. The fourth-order valence-corrected chi connectivity index (χ4v) is 4.31. The minimum absolute atomic E-state index is 0.0292. The number of nitrogens with zero attached hydrogens (tertiary/aromatic N) is 2. The Morgan fingerprint density at radius 2 is 1.69 bits per heavy atom. The summed E-state index contributed by atoms with van der Waals surface area (Å²) in [4.78, 5) is 35.8. The molecule has 1 aliphatic rings. The van der Waals surface area contributed by atoms with Crippen molar-refractivity contribution in [3.05, 3.63) is 72.1 Å². The molecule has 2 aromatic carbocycles. The molecule has 0 radical (unpaired) electrons. The van der Waals surface area contributed by atoms with E-state index in [1.807, 2.05) is 38.1 Å². The molecule has 0 spiro atoms. The van der Waals surface area contributed by atoms with E-state index in [-0.39, 0.29) is 37.3 Å². The van der Waals surface area contributed by atoms with Gasteiger partial charge in [-0.1, -0.05) is 62.4 Å². The lowest BCUT2D eigenvalue weighted by Gasteiger charge is -2.20. The van der Waals surface area contributed by atoms with E-state index in [0.29, 0.717) is 5.69 Å². The van der Waals surface area contributed by atoms with Crippen LogP contribution in [0.2, 0.25) is 0 Å². The molecule has 3 aromatic rings. The van der Waals surface area contributed by atoms with Crippen molar-refractivity contribution in [1.29, 1.82) is 0 Å². The molecular formula is C26H28N4O5. The molecule has 1 heterocycles. The van der Waals surface area contributed by atoms with Crippen LogP contribution in [0.3, 0.4) is 0 Å². The lowest BCUT2D eigenvalue weighted by Crippen LogP contribution is -2.41. The molecule has 2 amide bonds. The van der Waals surface area contributed by atoms with Gasteiger partial charge in [0.1, 0.15) is 13.2 Å². The number of aliphatic carboxylic acids is 1. The summed E-state index contributed by atoms with van der Waals surface area (Å²) in [5.74, 6) is -1.41. The first kappa shape index (κ1) is 24.0. The van der Waals surface area contributed by atoms with Gasteiger partial charge in [-0.2, -0.15) is 5.10 Å². The van der Waals surface area contributed by atoms with Gasteiger partial charge in [-0.3, -0.25) is 19.6 Å². The first-order chi connectivity index (χ1) is 16.8. The molecule has 4 rings (SSSR count). The number of carbonyl (C=O) groups excluding carboxylic acids is 2. The van der Waals surface area contributed by atoms with E-state index in [1.54, 1.807) is 0 Å². The first-order valence-electron chi connectivity index (χ1n) is 11.5. The van der Waals surface area contributed by atoms with Crippen LogP contribution in [0.1, 0.15) is 37.3 Å². The number of aromatic nitrogens is 2. The van der Waals surface area contributed by atoms with Crippen LogP contribution in [0.15, 0.2) is 60.9 Å². The van der Waals surface area contributed by atoms with E-state index >= 15 is 0 Å². The Hall–Kier alpha value is -4.14. The van der Waals surface area contributed by atoms with E-state index in [9.17, 15) is 14.4 Å². The van der Waals surface area contributed by atoms with Gasteiger partial charge in [0, 0.05) is 18.2 Å². The van der Waals surface area contributed by atoms with Crippen LogP contribution in [-0.2, 0) is 20.9 Å². The van der Waals surface area contributed by atoms with Gasteiger partial charge in [-0.25, -0.2) is 4.79 Å². The lowest BCUT2D eigenvalue weighted by atomic mass is 9.98. The van der Waals surface area contributed by atoms with E-state index in [0.717, 1.165) is 22.3 Å². The van der Waals surface area contributed by atoms with Crippen molar-refractivity contribution in [2.45, 2.75) is 38.8 Å². The molecule has 0 aliphatic heterocycles. The first-order valence-corrected chi connectivity index (χ1v) is 11.5. The summed E-state index contributed by atoms with van der Waals surface area (Å²) >= 11 is 0. The van der Waals surface area contributed by atoms with Crippen LogP contribution >= 0.6 is 0 Å². The molecule has 0 bridgehead atoms. The molecular weight excluding hydrogens is 448 g/mol. The van der Waals surface area contributed by atoms with Crippen molar-refractivity contribution in [1.82, 2.24) is 15.1 Å². The maximum absolute atomic E-state index is 12.4. The van der Waals surface area contributed by atoms with Crippen LogP contribution in [0, 0.1) is 5.92 Å². The second kappa shape index (κ2) is 10.4. The molecule has 35 heavy (non-hydrogen) atoms. The van der Waals surface area contributed by atoms with Crippen molar-refractivity contribution in [3.63, 3.8) is 0 Å². The Kier molecular flexibility index (Phi) is 7.14. The van der Waals surface area contributed by atoms with Gasteiger partial charge in [-0.15, -0.1) is 0 Å². The average molecular weight is 477 g/mol. The summed E-state index contributed by atoms with van der Waals surface area (Å²) in [6, 6.07) is 15.7. The fourth-order valence-electron chi connectivity index (χ4n) is 4.31. The standard InChI is InChI=1S/C26H28N4O5/c1-16(2)23(11-25(32)33)29-24(31)14-30-13-17(12-27-30)28-26(34)35-15-22-20-9-5-3-7-18(20)19-8-4-6-10-21(19)22/h3-10,12-13,16,22-23H,11,14-15H2,1-2H3,(H,28,34)(H,29,31)(H,32,33)/t23-/m1/s1. The Labute approximate surface area is 203 Å². The van der Waals surface area contributed by atoms with Gasteiger partial charge in [0.15, 0.2) is 0 Å². The number of carbonyl (C=O) groups is 3. The number of amides is 2. The summed E-state index contributed by atoms with van der Waals surface area (Å²) < 4.78 is 6.90. The maximum atomic E-state index is 12.4. The molecule has 9 heteroatoms. The van der Waals surface area contributed by atoms with Crippen molar-refractivity contribution < 1.29 is 24.2 Å². The third-order valence-corrected chi connectivity index (χ3v) is 6.07. The highest BCUT2D eigenvalue weighted by Gasteiger charge is 2.29. The predicted octanol–water partition coefficient (Wildman–Crippen LogP) is 3.86. The molecule has 3 N–H and O–H groups in total. The molecule has 9 nitrogen and oxygen atoms in total. The van der Waals surface area contributed by atoms with Gasteiger partial charge in [0.05, 0.1) is 18.3 Å². The highest BCUT2D eigenvalue weighted by atomic mass is 16.5. The monoisotopic (exact) mass is 476 g/mol. The minimum atomic E-state index is -0.974. The third-order valence-electron chi connectivity index (χ3n) is 6.07. The zero-order chi connectivity index (χ0) is 24.9. The number of carboxylic acid groups (broad SMARTS) is 1. The van der Waals surface area contributed by atoms with Gasteiger partial charge in [0.25, 0.3) is 0 Å². The quantitative estimate of drug-likeness (QED) is 0.431. The molecule has 1 atom stereocenters. The molecule has 0 saturated heterocycles. The van der Waals surface area contributed by atoms with Crippen LogP contribution in [-0.4, -0.2) is 45.5 Å². The van der Waals surface area contributed by atoms with Gasteiger partial charge in [-0.05, 0) is 28.2 Å². The highest BCUT2D eigenvalue weighted by Crippen LogP contribution is 2.44. The van der Waals surface area contributed by atoms with Gasteiger partial charge in [0.2, 0.25) is 5.91 Å². The number of hydrogen-bond donors (Lipinski definition) is 3. The Bertz CT molecular complexity index is 1190. The Balaban J connectivity index is 1.31. The number of rotatable bonds is 9. The minimum Gasteiger partial charge on any atom is -0.481 e. The predicted molar refractivity (Wildman–Crippen MR) is 130 cm³/mol. The summed E-state index contributed by atoms with van der Waals surface area (Å²) in [6.07, 6.45) is 2.17. The van der Waals surface area contributed by atoms with Crippen molar-refractivity contribution in [2.75, 3.05) is 11.9 Å². The largest absolute Gasteiger partial charge is 0.481 e. The van der Waals surface area contributed by atoms with Crippen LogP contribution < -0.4 is 10.6 Å². The normalized spacial score (nSPS) is 13.1. The summed E-state index contributed by atoms with van der Waals surface area (Å²) in [7, 11) is 0. The topological polar surface area (TPSA) is 123 Å². The molecule has 0 unspecified atom stereocenters. The van der Waals surface area contributed by atoms with Crippen molar-refractivity contribution in [3.8, 4) is 11.1 Å².